The highest BCUT2D eigenvalue weighted by Gasteiger charge is 2.41. The summed E-state index contributed by atoms with van der Waals surface area (Å²) >= 11 is 3.15. The molecule has 5 nitrogen and oxygen atoms in total. The predicted octanol–water partition coefficient (Wildman–Crippen LogP) is 2.96. The second kappa shape index (κ2) is 7.77. The Morgan fingerprint density at radius 1 is 1.30 bits per heavy atom. The number of benzene rings is 1. The number of ether oxygens (including phenoxy) is 2. The lowest BCUT2D eigenvalue weighted by Gasteiger charge is -2.35. The van der Waals surface area contributed by atoms with Crippen molar-refractivity contribution in [2.24, 2.45) is 0 Å². The fraction of sp³-hybridized carbons (Fsp3) is 0.500. The summed E-state index contributed by atoms with van der Waals surface area (Å²) in [6, 6.07) is 4.31. The first-order chi connectivity index (χ1) is 11.0. The van der Waals surface area contributed by atoms with Gasteiger partial charge >= 0.3 is 5.97 Å². The fourth-order valence-electron chi connectivity index (χ4n) is 2.77. The highest BCUT2D eigenvalue weighted by molar-refractivity contribution is 9.10. The van der Waals surface area contributed by atoms with Crippen LogP contribution in [-0.4, -0.2) is 31.1 Å². The van der Waals surface area contributed by atoms with Crippen LogP contribution >= 0.6 is 15.9 Å². The molecule has 7 heteroatoms. The molecular formula is C16H19BrFNO4. The molecule has 0 unspecified atom stereocenters. The van der Waals surface area contributed by atoms with Crippen molar-refractivity contribution in [3.05, 3.63) is 28.5 Å². The zero-order valence-corrected chi connectivity index (χ0v) is 14.4. The molecule has 2 rings (SSSR count). The number of methoxy groups -OCH3 is 1. The Morgan fingerprint density at radius 3 is 2.61 bits per heavy atom. The van der Waals surface area contributed by atoms with Gasteiger partial charge in [0.05, 0.1) is 7.11 Å². The molecule has 1 aromatic rings. The fourth-order valence-corrected chi connectivity index (χ4v) is 3.10. The van der Waals surface area contributed by atoms with Crippen molar-refractivity contribution < 1.29 is 23.5 Å². The van der Waals surface area contributed by atoms with Crippen molar-refractivity contribution in [2.45, 2.75) is 37.6 Å². The van der Waals surface area contributed by atoms with E-state index in [-0.39, 0.29) is 12.4 Å². The topological polar surface area (TPSA) is 64.6 Å². The minimum absolute atomic E-state index is 0.0147. The summed E-state index contributed by atoms with van der Waals surface area (Å²) in [7, 11) is 1.30. The second-order valence-electron chi connectivity index (χ2n) is 5.55. The maximum absolute atomic E-state index is 13.7. The Balaban J connectivity index is 1.98. The first kappa shape index (κ1) is 17.7. The molecule has 1 aliphatic rings. The highest BCUT2D eigenvalue weighted by Crippen LogP contribution is 2.29. The lowest BCUT2D eigenvalue weighted by molar-refractivity contribution is -0.152. The lowest BCUT2D eigenvalue weighted by atomic mass is 9.81. The minimum Gasteiger partial charge on any atom is -0.481 e. The van der Waals surface area contributed by atoms with E-state index in [1.807, 2.05) is 0 Å². The summed E-state index contributed by atoms with van der Waals surface area (Å²) < 4.78 is 24.3. The second-order valence-corrected chi connectivity index (χ2v) is 6.46. The van der Waals surface area contributed by atoms with Gasteiger partial charge in [-0.25, -0.2) is 9.18 Å². The zero-order chi connectivity index (χ0) is 16.9. The Kier molecular flexibility index (Phi) is 5.98. The van der Waals surface area contributed by atoms with Gasteiger partial charge in [-0.3, -0.25) is 4.79 Å². The molecule has 1 N–H and O–H groups in total. The van der Waals surface area contributed by atoms with Crippen LogP contribution in [0.15, 0.2) is 22.7 Å². The van der Waals surface area contributed by atoms with Crippen molar-refractivity contribution in [3.63, 3.8) is 0 Å². The van der Waals surface area contributed by atoms with E-state index >= 15 is 0 Å². The van der Waals surface area contributed by atoms with E-state index in [2.05, 4.69) is 21.2 Å². The maximum Gasteiger partial charge on any atom is 0.331 e. The third-order valence-electron chi connectivity index (χ3n) is 3.91. The van der Waals surface area contributed by atoms with Crippen LogP contribution in [-0.2, 0) is 14.3 Å². The van der Waals surface area contributed by atoms with Gasteiger partial charge in [0.25, 0.3) is 5.91 Å². The molecule has 0 bridgehead atoms. The van der Waals surface area contributed by atoms with Gasteiger partial charge in [-0.15, -0.1) is 0 Å². The van der Waals surface area contributed by atoms with E-state index in [9.17, 15) is 14.0 Å². The summed E-state index contributed by atoms with van der Waals surface area (Å²) in [5, 5.41) is 2.71. The largest absolute Gasteiger partial charge is 0.481 e. The van der Waals surface area contributed by atoms with Gasteiger partial charge in [-0.2, -0.15) is 0 Å². The van der Waals surface area contributed by atoms with E-state index in [0.29, 0.717) is 17.3 Å². The molecule has 0 spiro atoms. The average molecular weight is 388 g/mol. The van der Waals surface area contributed by atoms with Gasteiger partial charge in [0.1, 0.15) is 5.54 Å². The molecular weight excluding hydrogens is 369 g/mol. The van der Waals surface area contributed by atoms with Gasteiger partial charge in [-0.1, -0.05) is 35.2 Å². The third-order valence-corrected chi connectivity index (χ3v) is 4.41. The molecule has 1 saturated carbocycles. The number of halogens is 2. The van der Waals surface area contributed by atoms with Crippen molar-refractivity contribution in [1.82, 2.24) is 5.32 Å². The van der Waals surface area contributed by atoms with Gasteiger partial charge in [0.15, 0.2) is 18.2 Å². The van der Waals surface area contributed by atoms with E-state index in [1.165, 1.54) is 19.2 Å². The molecule has 1 aromatic carbocycles. The van der Waals surface area contributed by atoms with Crippen LogP contribution in [0.25, 0.3) is 0 Å². The van der Waals surface area contributed by atoms with E-state index in [1.54, 1.807) is 6.07 Å². The predicted molar refractivity (Wildman–Crippen MR) is 85.6 cm³/mol. The molecule has 0 aromatic heterocycles. The number of hydrogen-bond acceptors (Lipinski definition) is 4. The molecule has 0 radical (unpaired) electrons. The third kappa shape index (κ3) is 4.43. The van der Waals surface area contributed by atoms with Crippen LogP contribution in [0.4, 0.5) is 4.39 Å². The molecule has 126 valence electrons. The molecule has 0 saturated heterocycles. The van der Waals surface area contributed by atoms with Crippen molar-refractivity contribution in [1.29, 1.82) is 0 Å². The number of carbonyl (C=O) groups excluding carboxylic acids is 2. The van der Waals surface area contributed by atoms with Crippen molar-refractivity contribution in [3.8, 4) is 5.75 Å². The van der Waals surface area contributed by atoms with Crippen LogP contribution in [0.5, 0.6) is 5.75 Å². The van der Waals surface area contributed by atoms with Gasteiger partial charge < -0.3 is 14.8 Å². The Hall–Kier alpha value is -1.63. The summed E-state index contributed by atoms with van der Waals surface area (Å²) in [6.45, 7) is -0.364. The normalized spacial score (nSPS) is 16.5. The molecule has 1 fully saturated rings. The zero-order valence-electron chi connectivity index (χ0n) is 12.9. The number of amides is 1. The summed E-state index contributed by atoms with van der Waals surface area (Å²) in [6.07, 6.45) is 3.79. The Morgan fingerprint density at radius 2 is 2.00 bits per heavy atom. The number of rotatable bonds is 5. The standard InChI is InChI=1S/C16H19BrFNO4/c1-22-15(21)16(7-3-2-4-8-16)19-14(20)10-23-13-6-5-11(17)9-12(13)18/h5-6,9H,2-4,7-8,10H2,1H3,(H,19,20). The quantitative estimate of drug-likeness (QED) is 0.788. The minimum atomic E-state index is -0.994. The lowest BCUT2D eigenvalue weighted by Crippen LogP contribution is -2.57. The summed E-state index contributed by atoms with van der Waals surface area (Å²) in [5.74, 6) is -1.49. The summed E-state index contributed by atoms with van der Waals surface area (Å²) in [4.78, 5) is 24.2. The molecule has 0 aliphatic heterocycles. The highest BCUT2D eigenvalue weighted by atomic mass is 79.9. The van der Waals surface area contributed by atoms with E-state index in [0.717, 1.165) is 19.3 Å². The number of hydrogen-bond donors (Lipinski definition) is 1. The van der Waals surface area contributed by atoms with Crippen LogP contribution in [0.1, 0.15) is 32.1 Å². The number of carbonyl (C=O) groups is 2. The van der Waals surface area contributed by atoms with Gasteiger partial charge in [-0.05, 0) is 31.0 Å². The first-order valence-electron chi connectivity index (χ1n) is 7.44. The van der Waals surface area contributed by atoms with Crippen LogP contribution < -0.4 is 10.1 Å². The van der Waals surface area contributed by atoms with Gasteiger partial charge in [0, 0.05) is 4.47 Å². The molecule has 1 amide bonds. The first-order valence-corrected chi connectivity index (χ1v) is 8.23. The van der Waals surface area contributed by atoms with Crippen LogP contribution in [0, 0.1) is 5.82 Å². The Labute approximate surface area is 142 Å². The van der Waals surface area contributed by atoms with Crippen LogP contribution in [0.3, 0.4) is 0 Å². The summed E-state index contributed by atoms with van der Waals surface area (Å²) in [5.41, 5.74) is -0.994. The smallest absolute Gasteiger partial charge is 0.331 e. The number of nitrogens with one attached hydrogen (secondary N) is 1. The Bertz CT molecular complexity index is 587. The molecule has 1 aliphatic carbocycles. The monoisotopic (exact) mass is 387 g/mol. The molecule has 0 heterocycles. The maximum atomic E-state index is 13.7. The van der Waals surface area contributed by atoms with Crippen molar-refractivity contribution >= 4 is 27.8 Å². The van der Waals surface area contributed by atoms with Gasteiger partial charge in [0.2, 0.25) is 0 Å². The molecule has 0 atom stereocenters. The number of esters is 1. The average Bonchev–Trinajstić information content (AvgIpc) is 2.54. The SMILES string of the molecule is COC(=O)C1(NC(=O)COc2ccc(Br)cc2F)CCCCC1. The molecule has 23 heavy (non-hydrogen) atoms. The van der Waals surface area contributed by atoms with Crippen molar-refractivity contribution in [2.75, 3.05) is 13.7 Å². The van der Waals surface area contributed by atoms with Crippen LogP contribution in [0.2, 0.25) is 0 Å². The van der Waals surface area contributed by atoms with E-state index in [4.69, 9.17) is 9.47 Å². The van der Waals surface area contributed by atoms with E-state index < -0.39 is 23.2 Å².